The van der Waals surface area contributed by atoms with Gasteiger partial charge >= 0.3 is 6.03 Å². The number of rotatable bonds is 4. The summed E-state index contributed by atoms with van der Waals surface area (Å²) >= 11 is 6.90. The fraction of sp³-hybridized carbons (Fsp3) is 0.0556. The van der Waals surface area contributed by atoms with Gasteiger partial charge in [0.25, 0.3) is 5.91 Å². The van der Waals surface area contributed by atoms with Gasteiger partial charge in [-0.25, -0.2) is 4.79 Å². The zero-order valence-electron chi connectivity index (χ0n) is 13.7. The SMILES string of the molecule is Cc1nsc(NC(=O)Nc2ccccc2)c1C(=O)Nc1ccc(Cl)cc1. The fourth-order valence-electron chi connectivity index (χ4n) is 2.24. The van der Waals surface area contributed by atoms with E-state index in [9.17, 15) is 9.59 Å². The zero-order chi connectivity index (χ0) is 18.5. The number of carbonyl (C=O) groups excluding carboxylic acids is 2. The van der Waals surface area contributed by atoms with Gasteiger partial charge in [-0.1, -0.05) is 29.8 Å². The van der Waals surface area contributed by atoms with Crippen molar-refractivity contribution in [1.82, 2.24) is 4.37 Å². The van der Waals surface area contributed by atoms with Crippen LogP contribution in [0, 0.1) is 6.92 Å². The molecule has 0 fully saturated rings. The molecule has 0 bridgehead atoms. The van der Waals surface area contributed by atoms with Crippen molar-refractivity contribution in [2.45, 2.75) is 6.92 Å². The number of nitrogens with zero attached hydrogens (tertiary/aromatic N) is 1. The van der Waals surface area contributed by atoms with E-state index in [1.807, 2.05) is 18.2 Å². The van der Waals surface area contributed by atoms with Crippen LogP contribution in [0.3, 0.4) is 0 Å². The molecule has 0 saturated carbocycles. The van der Waals surface area contributed by atoms with Crippen LogP contribution in [-0.4, -0.2) is 16.3 Å². The van der Waals surface area contributed by atoms with E-state index >= 15 is 0 Å². The largest absolute Gasteiger partial charge is 0.324 e. The number of benzene rings is 2. The highest BCUT2D eigenvalue weighted by atomic mass is 35.5. The molecule has 0 unspecified atom stereocenters. The second kappa shape index (κ2) is 7.99. The summed E-state index contributed by atoms with van der Waals surface area (Å²) in [7, 11) is 0. The lowest BCUT2D eigenvalue weighted by molar-refractivity contribution is 0.102. The van der Waals surface area contributed by atoms with Gasteiger partial charge in [-0.2, -0.15) is 4.37 Å². The van der Waals surface area contributed by atoms with Crippen molar-refractivity contribution in [2.24, 2.45) is 0 Å². The second-order valence-corrected chi connectivity index (χ2v) is 6.59. The Bertz CT molecular complexity index is 926. The van der Waals surface area contributed by atoms with Crippen molar-refractivity contribution in [3.05, 3.63) is 70.9 Å². The minimum absolute atomic E-state index is 0.327. The minimum Gasteiger partial charge on any atom is -0.322 e. The maximum Gasteiger partial charge on any atom is 0.324 e. The molecule has 0 spiro atoms. The summed E-state index contributed by atoms with van der Waals surface area (Å²) in [6.07, 6.45) is 0. The van der Waals surface area contributed by atoms with Crippen LogP contribution in [0.2, 0.25) is 5.02 Å². The molecular formula is C18H15ClN4O2S. The molecule has 2 aromatic carbocycles. The monoisotopic (exact) mass is 386 g/mol. The van der Waals surface area contributed by atoms with Gasteiger partial charge in [-0.3, -0.25) is 10.1 Å². The van der Waals surface area contributed by atoms with E-state index in [1.54, 1.807) is 43.3 Å². The van der Waals surface area contributed by atoms with Gasteiger partial charge in [-0.15, -0.1) is 0 Å². The number of aromatic nitrogens is 1. The maximum absolute atomic E-state index is 12.6. The molecule has 132 valence electrons. The van der Waals surface area contributed by atoms with Crippen molar-refractivity contribution < 1.29 is 9.59 Å². The first-order valence-corrected chi connectivity index (χ1v) is 8.84. The first kappa shape index (κ1) is 17.9. The lowest BCUT2D eigenvalue weighted by Crippen LogP contribution is -2.21. The Morgan fingerprint density at radius 2 is 1.58 bits per heavy atom. The van der Waals surface area contributed by atoms with Crippen LogP contribution in [-0.2, 0) is 0 Å². The Labute approximate surface area is 159 Å². The lowest BCUT2D eigenvalue weighted by atomic mass is 10.2. The van der Waals surface area contributed by atoms with Gasteiger partial charge in [-0.05, 0) is 54.9 Å². The van der Waals surface area contributed by atoms with Gasteiger partial charge in [0.1, 0.15) is 5.00 Å². The number of aryl methyl sites for hydroxylation is 1. The van der Waals surface area contributed by atoms with Gasteiger partial charge in [0, 0.05) is 16.4 Å². The van der Waals surface area contributed by atoms with Gasteiger partial charge in [0.05, 0.1) is 11.3 Å². The first-order valence-electron chi connectivity index (χ1n) is 7.69. The Balaban J connectivity index is 1.72. The van der Waals surface area contributed by atoms with Crippen molar-refractivity contribution in [2.75, 3.05) is 16.0 Å². The topological polar surface area (TPSA) is 83.1 Å². The molecule has 3 rings (SSSR count). The van der Waals surface area contributed by atoms with E-state index < -0.39 is 6.03 Å². The predicted molar refractivity (Wildman–Crippen MR) is 105 cm³/mol. The quantitative estimate of drug-likeness (QED) is 0.589. The van der Waals surface area contributed by atoms with Crippen LogP contribution in [0.1, 0.15) is 16.1 Å². The molecule has 1 heterocycles. The fourth-order valence-corrected chi connectivity index (χ4v) is 3.15. The van der Waals surface area contributed by atoms with Crippen molar-refractivity contribution in [1.29, 1.82) is 0 Å². The highest BCUT2D eigenvalue weighted by Gasteiger charge is 2.20. The molecule has 8 heteroatoms. The van der Waals surface area contributed by atoms with Gasteiger partial charge in [0.15, 0.2) is 0 Å². The number of amides is 3. The average Bonchev–Trinajstić information content (AvgIpc) is 2.98. The Hall–Kier alpha value is -2.90. The van der Waals surface area contributed by atoms with Crippen molar-refractivity contribution >= 4 is 51.4 Å². The number of para-hydroxylation sites is 1. The molecular weight excluding hydrogens is 372 g/mol. The summed E-state index contributed by atoms with van der Waals surface area (Å²) in [5.41, 5.74) is 2.12. The third-order valence-electron chi connectivity index (χ3n) is 3.45. The Morgan fingerprint density at radius 3 is 2.27 bits per heavy atom. The van der Waals surface area contributed by atoms with Crippen LogP contribution in [0.15, 0.2) is 54.6 Å². The number of hydrogen-bond acceptors (Lipinski definition) is 4. The molecule has 0 aliphatic carbocycles. The number of anilines is 3. The minimum atomic E-state index is -0.444. The molecule has 3 amide bonds. The number of hydrogen-bond donors (Lipinski definition) is 3. The normalized spacial score (nSPS) is 10.2. The lowest BCUT2D eigenvalue weighted by Gasteiger charge is -2.09. The number of carbonyl (C=O) groups is 2. The highest BCUT2D eigenvalue weighted by Crippen LogP contribution is 2.26. The van der Waals surface area contributed by atoms with E-state index in [0.717, 1.165) is 11.5 Å². The third-order valence-corrected chi connectivity index (χ3v) is 4.56. The molecule has 6 nitrogen and oxygen atoms in total. The molecule has 3 aromatic rings. The van der Waals surface area contributed by atoms with Crippen molar-refractivity contribution in [3.8, 4) is 0 Å². The van der Waals surface area contributed by atoms with Crippen LogP contribution in [0.5, 0.6) is 0 Å². The second-order valence-electron chi connectivity index (χ2n) is 5.38. The average molecular weight is 387 g/mol. The molecule has 0 atom stereocenters. The van der Waals surface area contributed by atoms with E-state index in [-0.39, 0.29) is 5.91 Å². The van der Waals surface area contributed by atoms with Gasteiger partial charge < -0.3 is 10.6 Å². The molecule has 0 aliphatic heterocycles. The molecule has 0 aliphatic rings. The number of urea groups is 1. The van der Waals surface area contributed by atoms with E-state index in [4.69, 9.17) is 11.6 Å². The van der Waals surface area contributed by atoms with E-state index in [2.05, 4.69) is 20.3 Å². The summed E-state index contributed by atoms with van der Waals surface area (Å²) in [6.45, 7) is 1.72. The summed E-state index contributed by atoms with van der Waals surface area (Å²) in [6, 6.07) is 15.3. The summed E-state index contributed by atoms with van der Waals surface area (Å²) in [4.78, 5) is 24.8. The molecule has 0 saturated heterocycles. The van der Waals surface area contributed by atoms with E-state index in [0.29, 0.717) is 32.7 Å². The first-order chi connectivity index (χ1) is 12.5. The summed E-state index contributed by atoms with van der Waals surface area (Å²) < 4.78 is 4.17. The molecule has 26 heavy (non-hydrogen) atoms. The zero-order valence-corrected chi connectivity index (χ0v) is 15.3. The molecule has 1 aromatic heterocycles. The number of nitrogens with one attached hydrogen (secondary N) is 3. The Morgan fingerprint density at radius 1 is 0.923 bits per heavy atom. The van der Waals surface area contributed by atoms with Crippen LogP contribution in [0.4, 0.5) is 21.2 Å². The van der Waals surface area contributed by atoms with Crippen LogP contribution >= 0.6 is 23.1 Å². The standard InChI is InChI=1S/C18H15ClN4O2S/c1-11-15(16(24)20-14-9-7-12(19)8-10-14)17(26-23-11)22-18(25)21-13-5-3-2-4-6-13/h2-10H,1H3,(H,20,24)(H2,21,22,25). The summed E-state index contributed by atoms with van der Waals surface area (Å²) in [5, 5.41) is 9.11. The third kappa shape index (κ3) is 4.38. The Kier molecular flexibility index (Phi) is 5.50. The summed E-state index contributed by atoms with van der Waals surface area (Å²) in [5.74, 6) is -0.353. The number of halogens is 1. The van der Waals surface area contributed by atoms with E-state index in [1.165, 1.54) is 0 Å². The maximum atomic E-state index is 12.6. The molecule has 0 radical (unpaired) electrons. The van der Waals surface area contributed by atoms with Crippen LogP contribution in [0.25, 0.3) is 0 Å². The van der Waals surface area contributed by atoms with Crippen molar-refractivity contribution in [3.63, 3.8) is 0 Å². The predicted octanol–water partition coefficient (Wildman–Crippen LogP) is 5.00. The highest BCUT2D eigenvalue weighted by molar-refractivity contribution is 7.11. The molecule has 3 N–H and O–H groups in total. The van der Waals surface area contributed by atoms with Crippen LogP contribution < -0.4 is 16.0 Å². The van der Waals surface area contributed by atoms with Gasteiger partial charge in [0.2, 0.25) is 0 Å². The smallest absolute Gasteiger partial charge is 0.322 e.